The van der Waals surface area contributed by atoms with E-state index in [9.17, 15) is 10.1 Å². The largest absolute Gasteiger partial charge is 0.496 e. The van der Waals surface area contributed by atoms with E-state index in [0.29, 0.717) is 18.0 Å². The van der Waals surface area contributed by atoms with Crippen molar-refractivity contribution in [3.05, 3.63) is 61.0 Å². The van der Waals surface area contributed by atoms with Gasteiger partial charge in [-0.05, 0) is 61.7 Å². The molecule has 0 aliphatic heterocycles. The molecule has 110 valence electrons. The van der Waals surface area contributed by atoms with Crippen LogP contribution in [0.2, 0.25) is 0 Å². The van der Waals surface area contributed by atoms with Gasteiger partial charge in [0.1, 0.15) is 11.4 Å². The summed E-state index contributed by atoms with van der Waals surface area (Å²) in [6, 6.07) is 10.5. The molecule has 1 N–H and O–H groups in total. The molecule has 0 radical (unpaired) electrons. The van der Waals surface area contributed by atoms with Gasteiger partial charge in [0.2, 0.25) is 0 Å². The highest BCUT2D eigenvalue weighted by molar-refractivity contribution is 9.13. The van der Waals surface area contributed by atoms with Crippen molar-refractivity contribution in [3.63, 3.8) is 0 Å². The molecular formula is C14H12Br2N2O3. The third kappa shape index (κ3) is 3.95. The number of nitro benzene ring substituents is 1. The maximum absolute atomic E-state index is 11.1. The summed E-state index contributed by atoms with van der Waals surface area (Å²) in [5.41, 5.74) is 1.46. The number of nitrogens with zero attached hydrogens (tertiary/aromatic N) is 1. The smallest absolute Gasteiger partial charge is 0.296 e. The Morgan fingerprint density at radius 3 is 2.57 bits per heavy atom. The van der Waals surface area contributed by atoms with Crippen LogP contribution in [0.5, 0.6) is 5.75 Å². The van der Waals surface area contributed by atoms with Gasteiger partial charge in [0.25, 0.3) is 5.69 Å². The summed E-state index contributed by atoms with van der Waals surface area (Å²) in [4.78, 5) is 10.7. The third-order valence-corrected chi connectivity index (χ3v) is 4.75. The van der Waals surface area contributed by atoms with Gasteiger partial charge in [-0.2, -0.15) is 0 Å². The Bertz CT molecular complexity index is 677. The number of halogens is 2. The standard InChI is InChI=1S/C14H12Br2N2O3/c1-21-10-3-5-13(14(7-10)18(19)20)17-8-9-2-4-11(15)12(16)6-9/h2-7,17H,8H2,1H3. The van der Waals surface area contributed by atoms with Crippen LogP contribution in [0.15, 0.2) is 45.3 Å². The van der Waals surface area contributed by atoms with Crippen molar-refractivity contribution >= 4 is 43.2 Å². The molecule has 0 saturated heterocycles. The number of nitro groups is 1. The predicted molar refractivity (Wildman–Crippen MR) is 88.8 cm³/mol. The zero-order valence-corrected chi connectivity index (χ0v) is 14.3. The molecule has 0 bridgehead atoms. The lowest BCUT2D eigenvalue weighted by atomic mass is 10.2. The van der Waals surface area contributed by atoms with Crippen molar-refractivity contribution in [2.24, 2.45) is 0 Å². The Morgan fingerprint density at radius 1 is 1.19 bits per heavy atom. The van der Waals surface area contributed by atoms with Crippen LogP contribution in [0.3, 0.4) is 0 Å². The van der Waals surface area contributed by atoms with E-state index in [-0.39, 0.29) is 5.69 Å². The van der Waals surface area contributed by atoms with E-state index in [2.05, 4.69) is 37.2 Å². The SMILES string of the molecule is COc1ccc(NCc2ccc(Br)c(Br)c2)c([N+](=O)[O-])c1. The zero-order valence-electron chi connectivity index (χ0n) is 11.1. The van der Waals surface area contributed by atoms with Crippen LogP contribution in [-0.4, -0.2) is 12.0 Å². The number of methoxy groups -OCH3 is 1. The predicted octanol–water partition coefficient (Wildman–Crippen LogP) is 4.74. The average molecular weight is 416 g/mol. The second-order valence-corrected chi connectivity index (χ2v) is 5.95. The van der Waals surface area contributed by atoms with Gasteiger partial charge in [-0.15, -0.1) is 0 Å². The summed E-state index contributed by atoms with van der Waals surface area (Å²) >= 11 is 6.83. The topological polar surface area (TPSA) is 64.4 Å². The van der Waals surface area contributed by atoms with E-state index >= 15 is 0 Å². The highest BCUT2D eigenvalue weighted by Crippen LogP contribution is 2.30. The van der Waals surface area contributed by atoms with Gasteiger partial charge >= 0.3 is 0 Å². The maximum Gasteiger partial charge on any atom is 0.296 e. The highest BCUT2D eigenvalue weighted by atomic mass is 79.9. The van der Waals surface area contributed by atoms with Crippen LogP contribution in [0.4, 0.5) is 11.4 Å². The number of ether oxygens (including phenoxy) is 1. The second kappa shape index (κ2) is 6.91. The van der Waals surface area contributed by atoms with E-state index in [4.69, 9.17) is 4.74 Å². The van der Waals surface area contributed by atoms with Crippen molar-refractivity contribution in [2.45, 2.75) is 6.54 Å². The van der Waals surface area contributed by atoms with Crippen molar-refractivity contribution < 1.29 is 9.66 Å². The molecule has 7 heteroatoms. The van der Waals surface area contributed by atoms with Crippen molar-refractivity contribution in [3.8, 4) is 5.75 Å². The van der Waals surface area contributed by atoms with E-state index in [1.54, 1.807) is 12.1 Å². The highest BCUT2D eigenvalue weighted by Gasteiger charge is 2.14. The molecule has 0 saturated carbocycles. The van der Waals surface area contributed by atoms with Crippen molar-refractivity contribution in [1.82, 2.24) is 0 Å². The molecule has 0 heterocycles. The van der Waals surface area contributed by atoms with Gasteiger partial charge in [-0.1, -0.05) is 6.07 Å². The first-order chi connectivity index (χ1) is 10.0. The Labute approximate surface area is 138 Å². The molecular weight excluding hydrogens is 404 g/mol. The molecule has 2 aromatic rings. The molecule has 2 aromatic carbocycles. The van der Waals surface area contributed by atoms with Crippen molar-refractivity contribution in [1.29, 1.82) is 0 Å². The first kappa shape index (κ1) is 15.8. The summed E-state index contributed by atoms with van der Waals surface area (Å²) in [7, 11) is 1.48. The Morgan fingerprint density at radius 2 is 1.95 bits per heavy atom. The minimum absolute atomic E-state index is 0.00877. The van der Waals surface area contributed by atoms with Gasteiger partial charge < -0.3 is 10.1 Å². The number of anilines is 1. The second-order valence-electron chi connectivity index (χ2n) is 4.24. The minimum atomic E-state index is -0.428. The van der Waals surface area contributed by atoms with E-state index in [1.165, 1.54) is 13.2 Å². The molecule has 0 amide bonds. The molecule has 5 nitrogen and oxygen atoms in total. The van der Waals surface area contributed by atoms with Gasteiger partial charge in [0, 0.05) is 15.5 Å². The van der Waals surface area contributed by atoms with Gasteiger partial charge in [0.05, 0.1) is 18.1 Å². The lowest BCUT2D eigenvalue weighted by Gasteiger charge is -2.09. The molecule has 2 rings (SSSR count). The molecule has 21 heavy (non-hydrogen) atoms. The van der Waals surface area contributed by atoms with Gasteiger partial charge in [-0.25, -0.2) is 0 Å². The number of hydrogen-bond acceptors (Lipinski definition) is 4. The summed E-state index contributed by atoms with van der Waals surface area (Å²) in [5.74, 6) is 0.457. The lowest BCUT2D eigenvalue weighted by Crippen LogP contribution is -2.03. The first-order valence-electron chi connectivity index (χ1n) is 6.01. The van der Waals surface area contributed by atoms with Crippen LogP contribution in [0.25, 0.3) is 0 Å². The summed E-state index contributed by atoms with van der Waals surface area (Å²) in [5, 5.41) is 14.2. The first-order valence-corrected chi connectivity index (χ1v) is 7.60. The zero-order chi connectivity index (χ0) is 15.4. The Kier molecular flexibility index (Phi) is 5.19. The van der Waals surface area contributed by atoms with Gasteiger partial charge in [0.15, 0.2) is 0 Å². The molecule has 0 unspecified atom stereocenters. The monoisotopic (exact) mass is 414 g/mol. The summed E-state index contributed by atoms with van der Waals surface area (Å²) in [6.45, 7) is 0.485. The quantitative estimate of drug-likeness (QED) is 0.565. The fourth-order valence-electron chi connectivity index (χ4n) is 1.79. The van der Waals surface area contributed by atoms with E-state index in [0.717, 1.165) is 14.5 Å². The lowest BCUT2D eigenvalue weighted by molar-refractivity contribution is -0.384. The fourth-order valence-corrected chi connectivity index (χ4v) is 2.46. The molecule has 0 spiro atoms. The Balaban J connectivity index is 2.19. The van der Waals surface area contributed by atoms with E-state index < -0.39 is 4.92 Å². The normalized spacial score (nSPS) is 10.2. The molecule has 0 atom stereocenters. The maximum atomic E-state index is 11.1. The molecule has 0 aliphatic rings. The average Bonchev–Trinajstić information content (AvgIpc) is 2.48. The number of benzene rings is 2. The van der Waals surface area contributed by atoms with Gasteiger partial charge in [-0.3, -0.25) is 10.1 Å². The number of nitrogens with one attached hydrogen (secondary N) is 1. The molecule has 0 aromatic heterocycles. The van der Waals surface area contributed by atoms with E-state index in [1.807, 2.05) is 18.2 Å². The van der Waals surface area contributed by atoms with Crippen molar-refractivity contribution in [2.75, 3.05) is 12.4 Å². The van der Waals surface area contributed by atoms with Crippen LogP contribution in [0.1, 0.15) is 5.56 Å². The molecule has 0 aliphatic carbocycles. The number of hydrogen-bond donors (Lipinski definition) is 1. The van der Waals surface area contributed by atoms with Crippen LogP contribution >= 0.6 is 31.9 Å². The van der Waals surface area contributed by atoms with Crippen LogP contribution in [-0.2, 0) is 6.54 Å². The summed E-state index contributed by atoms with van der Waals surface area (Å²) < 4.78 is 6.90. The summed E-state index contributed by atoms with van der Waals surface area (Å²) in [6.07, 6.45) is 0. The Hall–Kier alpha value is -1.60. The third-order valence-electron chi connectivity index (χ3n) is 2.87. The molecule has 0 fully saturated rings. The fraction of sp³-hybridized carbons (Fsp3) is 0.143. The minimum Gasteiger partial charge on any atom is -0.496 e. The van der Waals surface area contributed by atoms with Crippen LogP contribution in [0, 0.1) is 10.1 Å². The number of rotatable bonds is 5. The van der Waals surface area contributed by atoms with Crippen LogP contribution < -0.4 is 10.1 Å².